The van der Waals surface area contributed by atoms with Crippen LogP contribution >= 0.6 is 0 Å². The van der Waals surface area contributed by atoms with Crippen molar-refractivity contribution in [3.63, 3.8) is 0 Å². The first kappa shape index (κ1) is 23.1. The van der Waals surface area contributed by atoms with Crippen molar-refractivity contribution < 1.29 is 29.4 Å². The van der Waals surface area contributed by atoms with Gasteiger partial charge in [0.2, 0.25) is 0 Å². The molecule has 0 aromatic rings. The van der Waals surface area contributed by atoms with Crippen LogP contribution in [0.5, 0.6) is 0 Å². The van der Waals surface area contributed by atoms with Crippen molar-refractivity contribution >= 4 is 5.97 Å². The normalized spacial score (nSPS) is 10.7. The first-order chi connectivity index (χ1) is 9.77. The van der Waals surface area contributed by atoms with Crippen LogP contribution in [0.2, 0.25) is 0 Å². The summed E-state index contributed by atoms with van der Waals surface area (Å²) in [6.07, 6.45) is 21.2. The van der Waals surface area contributed by atoms with Gasteiger partial charge >= 0.3 is 5.97 Å². The Balaban J connectivity index is 0. The quantitative estimate of drug-likeness (QED) is 0.220. The van der Waals surface area contributed by atoms with Gasteiger partial charge in [-0.15, -0.1) is 0 Å². The van der Waals surface area contributed by atoms with Gasteiger partial charge in [0.25, 0.3) is 0 Å². The van der Waals surface area contributed by atoms with Crippen LogP contribution in [0.4, 0.5) is 0 Å². The van der Waals surface area contributed by atoms with E-state index in [1.807, 2.05) is 0 Å². The first-order valence-electron chi connectivity index (χ1n) is 8.64. The van der Waals surface area contributed by atoms with Crippen LogP contribution < -0.4 is 0 Å². The summed E-state index contributed by atoms with van der Waals surface area (Å²) in [5, 5.41) is 8.51. The van der Waals surface area contributed by atoms with E-state index in [2.05, 4.69) is 19.1 Å². The molecular formula is C18H34O2Zn. The van der Waals surface area contributed by atoms with E-state index in [4.69, 9.17) is 5.11 Å². The fraction of sp³-hybridized carbons (Fsp3) is 0.833. The molecule has 0 heterocycles. The molecule has 2 nitrogen and oxygen atoms in total. The average Bonchev–Trinajstić information content (AvgIpc) is 2.43. The van der Waals surface area contributed by atoms with Crippen LogP contribution in [-0.4, -0.2) is 11.1 Å². The van der Waals surface area contributed by atoms with Gasteiger partial charge in [0, 0.05) is 25.9 Å². The van der Waals surface area contributed by atoms with E-state index in [9.17, 15) is 4.79 Å². The average molecular weight is 348 g/mol. The summed E-state index contributed by atoms with van der Waals surface area (Å²) in [6, 6.07) is 0. The molecule has 21 heavy (non-hydrogen) atoms. The molecule has 0 fully saturated rings. The van der Waals surface area contributed by atoms with E-state index in [1.165, 1.54) is 70.6 Å². The van der Waals surface area contributed by atoms with Crippen LogP contribution in [0.1, 0.15) is 96.8 Å². The van der Waals surface area contributed by atoms with Gasteiger partial charge in [-0.25, -0.2) is 0 Å². The maximum Gasteiger partial charge on any atom is 0.303 e. The molecule has 0 saturated heterocycles. The van der Waals surface area contributed by atoms with Crippen molar-refractivity contribution in [2.75, 3.05) is 0 Å². The Hall–Kier alpha value is -0.167. The number of aliphatic carboxylic acids is 1. The molecule has 1 N–H and O–H groups in total. The molecule has 0 radical (unpaired) electrons. The Morgan fingerprint density at radius 3 is 1.67 bits per heavy atom. The van der Waals surface area contributed by atoms with Gasteiger partial charge in [-0.05, 0) is 32.1 Å². The Kier molecular flexibility index (Phi) is 21.8. The van der Waals surface area contributed by atoms with Crippen LogP contribution in [-0.2, 0) is 24.3 Å². The number of hydrogen-bond donors (Lipinski definition) is 1. The van der Waals surface area contributed by atoms with Crippen LogP contribution in [0.3, 0.4) is 0 Å². The summed E-state index contributed by atoms with van der Waals surface area (Å²) >= 11 is 0. The van der Waals surface area contributed by atoms with Gasteiger partial charge in [0.05, 0.1) is 0 Å². The van der Waals surface area contributed by atoms with E-state index in [0.29, 0.717) is 6.42 Å². The van der Waals surface area contributed by atoms with Crippen molar-refractivity contribution in [3.05, 3.63) is 12.2 Å². The second-order valence-electron chi connectivity index (χ2n) is 5.73. The molecule has 0 aliphatic rings. The number of carboxylic acids is 1. The summed E-state index contributed by atoms with van der Waals surface area (Å²) in [4.78, 5) is 10.3. The van der Waals surface area contributed by atoms with Gasteiger partial charge in [0.1, 0.15) is 0 Å². The second-order valence-corrected chi connectivity index (χ2v) is 5.73. The molecule has 0 spiro atoms. The fourth-order valence-electron chi connectivity index (χ4n) is 2.35. The predicted octanol–water partition coefficient (Wildman–Crippen LogP) is 6.11. The van der Waals surface area contributed by atoms with Gasteiger partial charge in [-0.1, -0.05) is 70.4 Å². The molecule has 120 valence electrons. The van der Waals surface area contributed by atoms with E-state index in [-0.39, 0.29) is 19.5 Å². The summed E-state index contributed by atoms with van der Waals surface area (Å²) < 4.78 is 0. The van der Waals surface area contributed by atoms with Crippen LogP contribution in [0.25, 0.3) is 0 Å². The molecule has 0 bridgehead atoms. The zero-order chi connectivity index (χ0) is 14.9. The Bertz CT molecular complexity index is 239. The minimum Gasteiger partial charge on any atom is -0.481 e. The monoisotopic (exact) mass is 346 g/mol. The van der Waals surface area contributed by atoms with Crippen molar-refractivity contribution in [3.8, 4) is 0 Å². The third-order valence-corrected chi connectivity index (χ3v) is 3.65. The Morgan fingerprint density at radius 1 is 0.762 bits per heavy atom. The fourth-order valence-corrected chi connectivity index (χ4v) is 2.35. The molecule has 0 aromatic heterocycles. The maximum atomic E-state index is 10.3. The zero-order valence-electron chi connectivity index (χ0n) is 14.1. The minimum absolute atomic E-state index is 0. The summed E-state index contributed by atoms with van der Waals surface area (Å²) in [5.41, 5.74) is 0. The van der Waals surface area contributed by atoms with Gasteiger partial charge in [-0.3, -0.25) is 4.79 Å². The molecular weight excluding hydrogens is 314 g/mol. The van der Waals surface area contributed by atoms with Gasteiger partial charge in [-0.2, -0.15) is 0 Å². The molecule has 0 amide bonds. The number of carbonyl (C=O) groups is 1. The molecule has 0 aliphatic heterocycles. The Labute approximate surface area is 144 Å². The van der Waals surface area contributed by atoms with Crippen LogP contribution in [0.15, 0.2) is 12.2 Å². The van der Waals surface area contributed by atoms with Crippen molar-refractivity contribution in [1.29, 1.82) is 0 Å². The van der Waals surface area contributed by atoms with E-state index in [0.717, 1.165) is 12.8 Å². The van der Waals surface area contributed by atoms with Crippen molar-refractivity contribution in [1.82, 2.24) is 0 Å². The smallest absolute Gasteiger partial charge is 0.303 e. The standard InChI is InChI=1S/C18H34O2.Zn/c1-2-3-4-5-6-7-8-9-10-11-12-13-14-15-16-17-18(19)20;/h7-8H,2-6,9-17H2,1H3,(H,19,20);/b8-7+;. The zero-order valence-corrected chi connectivity index (χ0v) is 17.1. The van der Waals surface area contributed by atoms with E-state index < -0.39 is 5.97 Å². The largest absolute Gasteiger partial charge is 0.481 e. The molecule has 3 heteroatoms. The van der Waals surface area contributed by atoms with Crippen molar-refractivity contribution in [2.24, 2.45) is 0 Å². The van der Waals surface area contributed by atoms with E-state index in [1.54, 1.807) is 0 Å². The van der Waals surface area contributed by atoms with Crippen molar-refractivity contribution in [2.45, 2.75) is 96.8 Å². The summed E-state index contributed by atoms with van der Waals surface area (Å²) in [5.74, 6) is -0.661. The van der Waals surface area contributed by atoms with E-state index >= 15 is 0 Å². The Morgan fingerprint density at radius 2 is 1.19 bits per heavy atom. The molecule has 0 aliphatic carbocycles. The number of carboxylic acid groups (broad SMARTS) is 1. The van der Waals surface area contributed by atoms with Gasteiger partial charge in [0.15, 0.2) is 0 Å². The number of hydrogen-bond acceptors (Lipinski definition) is 1. The topological polar surface area (TPSA) is 37.3 Å². The molecule has 0 rings (SSSR count). The molecule has 0 unspecified atom stereocenters. The third kappa shape index (κ3) is 22.3. The van der Waals surface area contributed by atoms with Gasteiger partial charge < -0.3 is 5.11 Å². The molecule has 0 aromatic carbocycles. The number of rotatable bonds is 15. The van der Waals surface area contributed by atoms with Crippen LogP contribution in [0, 0.1) is 0 Å². The molecule has 0 atom stereocenters. The predicted molar refractivity (Wildman–Crippen MR) is 87.1 cm³/mol. The second kappa shape index (κ2) is 19.8. The minimum atomic E-state index is -0.661. The summed E-state index contributed by atoms with van der Waals surface area (Å²) in [6.45, 7) is 2.25. The molecule has 0 saturated carbocycles. The summed E-state index contributed by atoms with van der Waals surface area (Å²) in [7, 11) is 0. The third-order valence-electron chi connectivity index (χ3n) is 3.65. The maximum absolute atomic E-state index is 10.3. The number of unbranched alkanes of at least 4 members (excludes halogenated alkanes) is 11. The SMILES string of the molecule is CCCCCC/C=C/CCCCCCCCCC(=O)O.[Zn]. The first-order valence-corrected chi connectivity index (χ1v) is 8.64. The number of allylic oxidation sites excluding steroid dienone is 2.